The van der Waals surface area contributed by atoms with E-state index in [1.807, 2.05) is 6.08 Å². The number of allylic oxidation sites excluding steroid dienone is 1. The Hall–Kier alpha value is -0.630. The fourth-order valence-corrected chi connectivity index (χ4v) is 2.30. The first-order valence-corrected chi connectivity index (χ1v) is 6.66. The molecule has 0 aromatic carbocycles. The summed E-state index contributed by atoms with van der Waals surface area (Å²) in [4.78, 5) is 11.7. The monoisotopic (exact) mass is 223 g/mol. The van der Waals surface area contributed by atoms with E-state index in [1.165, 1.54) is 25.7 Å². The van der Waals surface area contributed by atoms with Crippen molar-refractivity contribution in [1.29, 1.82) is 0 Å². The molecule has 0 aromatic rings. The molecule has 0 amide bonds. The van der Waals surface area contributed by atoms with Gasteiger partial charge in [-0.2, -0.15) is 0 Å². The Labute approximate surface area is 99.5 Å². The molecule has 0 atom stereocenters. The largest absolute Gasteiger partial charge is 0.317 e. The number of Topliss-reactive ketones (excluding diaryl/α,β-unsaturated/α-hetero) is 1. The maximum Gasteiger partial charge on any atom is 0.133 e. The Morgan fingerprint density at radius 2 is 2.00 bits per heavy atom. The highest BCUT2D eigenvalue weighted by Crippen LogP contribution is 2.17. The number of carbonyl (C=O) groups is 1. The minimum absolute atomic E-state index is 0.477. The van der Waals surface area contributed by atoms with E-state index in [4.69, 9.17) is 0 Å². The first-order chi connectivity index (χ1) is 7.83. The summed E-state index contributed by atoms with van der Waals surface area (Å²) in [6, 6.07) is 0. The van der Waals surface area contributed by atoms with Crippen LogP contribution < -0.4 is 5.32 Å². The number of hydrogen-bond donors (Lipinski definition) is 1. The molecule has 16 heavy (non-hydrogen) atoms. The number of rotatable bonds is 8. The lowest BCUT2D eigenvalue weighted by Gasteiger charge is -2.21. The van der Waals surface area contributed by atoms with Crippen LogP contribution in [0.4, 0.5) is 0 Å². The Morgan fingerprint density at radius 3 is 2.69 bits per heavy atom. The SMILES string of the molecule is C=CCCCCCC(=O)CC1CCNCC1. The van der Waals surface area contributed by atoms with Crippen molar-refractivity contribution in [3.63, 3.8) is 0 Å². The second kappa shape index (κ2) is 8.51. The maximum atomic E-state index is 11.7. The first kappa shape index (κ1) is 13.4. The minimum Gasteiger partial charge on any atom is -0.317 e. The molecule has 2 heteroatoms. The van der Waals surface area contributed by atoms with Gasteiger partial charge in [0, 0.05) is 12.8 Å². The Kier molecular flexibility index (Phi) is 7.15. The van der Waals surface area contributed by atoms with Gasteiger partial charge in [0.25, 0.3) is 0 Å². The van der Waals surface area contributed by atoms with E-state index < -0.39 is 0 Å². The lowest BCUT2D eigenvalue weighted by atomic mass is 9.91. The fourth-order valence-electron chi connectivity index (χ4n) is 2.30. The highest BCUT2D eigenvalue weighted by molar-refractivity contribution is 5.78. The molecule has 1 saturated heterocycles. The first-order valence-electron chi connectivity index (χ1n) is 6.66. The van der Waals surface area contributed by atoms with Gasteiger partial charge in [-0.25, -0.2) is 0 Å². The fraction of sp³-hybridized carbons (Fsp3) is 0.786. The van der Waals surface area contributed by atoms with Crippen LogP contribution in [0.3, 0.4) is 0 Å². The van der Waals surface area contributed by atoms with Crippen LogP contribution in [0.2, 0.25) is 0 Å². The second-order valence-corrected chi connectivity index (χ2v) is 4.82. The number of nitrogens with one attached hydrogen (secondary N) is 1. The molecule has 0 aliphatic carbocycles. The third-order valence-corrected chi connectivity index (χ3v) is 3.34. The van der Waals surface area contributed by atoms with Crippen LogP contribution >= 0.6 is 0 Å². The van der Waals surface area contributed by atoms with E-state index >= 15 is 0 Å². The van der Waals surface area contributed by atoms with Crippen molar-refractivity contribution in [2.45, 2.75) is 51.4 Å². The lowest BCUT2D eigenvalue weighted by Crippen LogP contribution is -2.28. The standard InChI is InChI=1S/C14H25NO/c1-2-3-4-5-6-7-14(16)12-13-8-10-15-11-9-13/h2,13,15H,1,3-12H2. The number of carbonyl (C=O) groups excluding carboxylic acids is 1. The van der Waals surface area contributed by atoms with Gasteiger partial charge in [-0.05, 0) is 51.1 Å². The molecule has 92 valence electrons. The summed E-state index contributed by atoms with van der Waals surface area (Å²) in [5, 5.41) is 3.33. The van der Waals surface area contributed by atoms with Crippen LogP contribution in [-0.4, -0.2) is 18.9 Å². The van der Waals surface area contributed by atoms with Crippen LogP contribution in [0.15, 0.2) is 12.7 Å². The molecule has 1 aliphatic rings. The van der Waals surface area contributed by atoms with Crippen molar-refractivity contribution < 1.29 is 4.79 Å². The lowest BCUT2D eigenvalue weighted by molar-refractivity contribution is -0.120. The molecule has 0 spiro atoms. The van der Waals surface area contributed by atoms with Crippen molar-refractivity contribution in [3.05, 3.63) is 12.7 Å². The van der Waals surface area contributed by atoms with Crippen molar-refractivity contribution in [3.8, 4) is 0 Å². The summed E-state index contributed by atoms with van der Waals surface area (Å²) < 4.78 is 0. The summed E-state index contributed by atoms with van der Waals surface area (Å²) in [6.07, 6.45) is 10.4. The van der Waals surface area contributed by atoms with Gasteiger partial charge in [-0.3, -0.25) is 4.79 Å². The Balaban J connectivity index is 1.99. The Bertz CT molecular complexity index is 207. The molecule has 2 nitrogen and oxygen atoms in total. The zero-order chi connectivity index (χ0) is 11.6. The zero-order valence-corrected chi connectivity index (χ0v) is 10.3. The van der Waals surface area contributed by atoms with Crippen molar-refractivity contribution in [2.75, 3.05) is 13.1 Å². The van der Waals surface area contributed by atoms with Crippen LogP contribution in [-0.2, 0) is 4.79 Å². The highest BCUT2D eigenvalue weighted by Gasteiger charge is 2.16. The van der Waals surface area contributed by atoms with Gasteiger partial charge in [-0.1, -0.05) is 12.5 Å². The summed E-state index contributed by atoms with van der Waals surface area (Å²) in [7, 11) is 0. The predicted octanol–water partition coefficient (Wildman–Crippen LogP) is 3.08. The summed E-state index contributed by atoms with van der Waals surface area (Å²) in [6.45, 7) is 5.89. The summed E-state index contributed by atoms with van der Waals surface area (Å²) in [5.74, 6) is 1.13. The number of piperidine rings is 1. The maximum absolute atomic E-state index is 11.7. The van der Waals surface area contributed by atoms with E-state index in [9.17, 15) is 4.79 Å². The topological polar surface area (TPSA) is 29.1 Å². The molecule has 1 heterocycles. The van der Waals surface area contributed by atoms with Crippen molar-refractivity contribution >= 4 is 5.78 Å². The third kappa shape index (κ3) is 6.06. The van der Waals surface area contributed by atoms with E-state index in [-0.39, 0.29) is 0 Å². The van der Waals surface area contributed by atoms with E-state index in [2.05, 4.69) is 11.9 Å². The molecule has 0 saturated carbocycles. The highest BCUT2D eigenvalue weighted by atomic mass is 16.1. The average molecular weight is 223 g/mol. The molecular weight excluding hydrogens is 198 g/mol. The van der Waals surface area contributed by atoms with E-state index in [1.54, 1.807) is 0 Å². The van der Waals surface area contributed by atoms with Gasteiger partial charge in [0.2, 0.25) is 0 Å². The number of unbranched alkanes of at least 4 members (excludes halogenated alkanes) is 3. The van der Waals surface area contributed by atoms with Gasteiger partial charge >= 0.3 is 0 Å². The van der Waals surface area contributed by atoms with Gasteiger partial charge in [0.15, 0.2) is 0 Å². The molecule has 0 radical (unpaired) electrons. The molecule has 1 rings (SSSR count). The van der Waals surface area contributed by atoms with Crippen molar-refractivity contribution in [1.82, 2.24) is 5.32 Å². The van der Waals surface area contributed by atoms with E-state index in [0.717, 1.165) is 38.8 Å². The number of ketones is 1. The van der Waals surface area contributed by atoms with Crippen molar-refractivity contribution in [2.24, 2.45) is 5.92 Å². The molecule has 0 unspecified atom stereocenters. The van der Waals surface area contributed by atoms with Crippen LogP contribution in [0.25, 0.3) is 0 Å². The molecule has 0 aromatic heterocycles. The van der Waals surface area contributed by atoms with Gasteiger partial charge in [0.05, 0.1) is 0 Å². The number of hydrogen-bond acceptors (Lipinski definition) is 2. The van der Waals surface area contributed by atoms with E-state index in [0.29, 0.717) is 11.7 Å². The Morgan fingerprint density at radius 1 is 1.25 bits per heavy atom. The summed E-state index contributed by atoms with van der Waals surface area (Å²) in [5.41, 5.74) is 0. The molecule has 1 N–H and O–H groups in total. The molecule has 0 bridgehead atoms. The minimum atomic E-state index is 0.477. The van der Waals surface area contributed by atoms with Gasteiger partial charge < -0.3 is 5.32 Å². The third-order valence-electron chi connectivity index (χ3n) is 3.34. The quantitative estimate of drug-likeness (QED) is 0.506. The van der Waals surface area contributed by atoms with Crippen LogP contribution in [0, 0.1) is 5.92 Å². The second-order valence-electron chi connectivity index (χ2n) is 4.82. The molecular formula is C14H25NO. The van der Waals surface area contributed by atoms with Crippen LogP contribution in [0.1, 0.15) is 51.4 Å². The van der Waals surface area contributed by atoms with Gasteiger partial charge in [0.1, 0.15) is 5.78 Å². The smallest absolute Gasteiger partial charge is 0.133 e. The average Bonchev–Trinajstić information content (AvgIpc) is 2.30. The zero-order valence-electron chi connectivity index (χ0n) is 10.3. The molecule has 1 aliphatic heterocycles. The van der Waals surface area contributed by atoms with Crippen LogP contribution in [0.5, 0.6) is 0 Å². The summed E-state index contributed by atoms with van der Waals surface area (Å²) >= 11 is 0. The predicted molar refractivity (Wildman–Crippen MR) is 68.5 cm³/mol. The molecule has 1 fully saturated rings. The van der Waals surface area contributed by atoms with Gasteiger partial charge in [-0.15, -0.1) is 6.58 Å². The normalized spacial score (nSPS) is 17.2.